The van der Waals surface area contributed by atoms with Crippen molar-refractivity contribution < 1.29 is 9.50 Å². The zero-order valence-corrected chi connectivity index (χ0v) is 17.1. The monoisotopic (exact) mass is 435 g/mol. The molecule has 0 spiro atoms. The van der Waals surface area contributed by atoms with Crippen molar-refractivity contribution in [1.82, 2.24) is 9.97 Å². The molecule has 0 atom stereocenters. The minimum absolute atomic E-state index is 0.203. The topological polar surface area (TPSA) is 58.0 Å². The molecular formula is C23H15ClFN3OS. The molecule has 0 saturated heterocycles. The van der Waals surface area contributed by atoms with Gasteiger partial charge in [0.1, 0.15) is 12.4 Å². The predicted octanol–water partition coefficient (Wildman–Crippen LogP) is 5.55. The van der Waals surface area contributed by atoms with Crippen LogP contribution in [-0.4, -0.2) is 21.7 Å². The first kappa shape index (κ1) is 20.2. The van der Waals surface area contributed by atoms with Crippen molar-refractivity contribution in [3.8, 4) is 23.0 Å². The fourth-order valence-corrected chi connectivity index (χ4v) is 3.73. The Morgan fingerprint density at radius 2 is 1.87 bits per heavy atom. The van der Waals surface area contributed by atoms with Crippen molar-refractivity contribution in [3.05, 3.63) is 83.5 Å². The van der Waals surface area contributed by atoms with Gasteiger partial charge in [-0.3, -0.25) is 4.98 Å². The number of benzene rings is 2. The molecule has 2 aromatic carbocycles. The summed E-state index contributed by atoms with van der Waals surface area (Å²) in [7, 11) is 0. The van der Waals surface area contributed by atoms with Crippen LogP contribution in [0.15, 0.2) is 71.9 Å². The Kier molecular flexibility index (Phi) is 6.15. The lowest BCUT2D eigenvalue weighted by Crippen LogP contribution is -1.92. The molecule has 0 radical (unpaired) electrons. The number of anilines is 1. The quantitative estimate of drug-likeness (QED) is 0.250. The molecule has 0 bridgehead atoms. The summed E-state index contributed by atoms with van der Waals surface area (Å²) in [6.07, 6.45) is 3.40. The van der Waals surface area contributed by atoms with Gasteiger partial charge in [0.05, 0.1) is 11.2 Å². The molecule has 0 aliphatic carbocycles. The Morgan fingerprint density at radius 3 is 2.67 bits per heavy atom. The molecule has 0 amide bonds. The van der Waals surface area contributed by atoms with Crippen LogP contribution in [0.3, 0.4) is 0 Å². The van der Waals surface area contributed by atoms with E-state index >= 15 is 0 Å². The number of aliphatic hydroxyl groups excluding tert-OH is 1. The zero-order valence-electron chi connectivity index (χ0n) is 15.6. The van der Waals surface area contributed by atoms with Gasteiger partial charge in [0.15, 0.2) is 5.15 Å². The maximum atomic E-state index is 13.1. The highest BCUT2D eigenvalue weighted by Gasteiger charge is 2.08. The van der Waals surface area contributed by atoms with Gasteiger partial charge >= 0.3 is 0 Å². The van der Waals surface area contributed by atoms with Crippen LogP contribution in [0.5, 0.6) is 0 Å². The van der Waals surface area contributed by atoms with Crippen LogP contribution >= 0.6 is 23.5 Å². The number of pyridine rings is 2. The number of aromatic nitrogens is 2. The Bertz CT molecular complexity index is 1270. The average molecular weight is 436 g/mol. The molecule has 0 aliphatic rings. The summed E-state index contributed by atoms with van der Waals surface area (Å²) in [4.78, 5) is 9.51. The highest BCUT2D eigenvalue weighted by molar-refractivity contribution is 8.00. The van der Waals surface area contributed by atoms with E-state index in [0.717, 1.165) is 32.5 Å². The molecule has 7 heteroatoms. The van der Waals surface area contributed by atoms with Crippen molar-refractivity contribution in [2.24, 2.45) is 0 Å². The molecule has 0 fully saturated rings. The molecule has 0 unspecified atom stereocenters. The van der Waals surface area contributed by atoms with E-state index in [1.807, 2.05) is 30.3 Å². The molecule has 2 aromatic heterocycles. The summed E-state index contributed by atoms with van der Waals surface area (Å²) in [5.74, 6) is 5.36. The molecule has 0 saturated carbocycles. The lowest BCUT2D eigenvalue weighted by molar-refractivity contribution is 0.350. The largest absolute Gasteiger partial charge is 0.384 e. The molecule has 0 aliphatic heterocycles. The smallest absolute Gasteiger partial charge is 0.152 e. The fourth-order valence-electron chi connectivity index (χ4n) is 2.86. The molecular weight excluding hydrogens is 421 g/mol. The van der Waals surface area contributed by atoms with E-state index in [0.29, 0.717) is 10.8 Å². The average Bonchev–Trinajstić information content (AvgIpc) is 2.78. The molecule has 4 nitrogen and oxygen atoms in total. The first-order chi connectivity index (χ1) is 14.6. The molecule has 148 valence electrons. The minimum atomic E-state index is -0.283. The second-order valence-electron chi connectivity index (χ2n) is 6.27. The van der Waals surface area contributed by atoms with Crippen molar-refractivity contribution >= 4 is 40.1 Å². The van der Waals surface area contributed by atoms with Crippen LogP contribution in [0, 0.1) is 17.7 Å². The third-order valence-corrected chi connectivity index (χ3v) is 5.44. The van der Waals surface area contributed by atoms with Gasteiger partial charge in [-0.25, -0.2) is 9.37 Å². The van der Waals surface area contributed by atoms with E-state index in [9.17, 15) is 4.39 Å². The zero-order chi connectivity index (χ0) is 20.9. The SMILES string of the molecule is OCC#Cc1ccnc2ccc(-c3cnc(Cl)c(NSc4ccc(F)cc4)c3)cc12. The highest BCUT2D eigenvalue weighted by Crippen LogP contribution is 2.32. The second kappa shape index (κ2) is 9.14. The van der Waals surface area contributed by atoms with Crippen LogP contribution in [0.25, 0.3) is 22.0 Å². The predicted molar refractivity (Wildman–Crippen MR) is 120 cm³/mol. The van der Waals surface area contributed by atoms with Crippen LogP contribution in [-0.2, 0) is 0 Å². The number of hydrogen-bond acceptors (Lipinski definition) is 5. The fraction of sp³-hybridized carbons (Fsp3) is 0.0435. The summed E-state index contributed by atoms with van der Waals surface area (Å²) in [5.41, 5.74) is 4.06. The number of fused-ring (bicyclic) bond motifs is 1. The van der Waals surface area contributed by atoms with Crippen molar-refractivity contribution in [3.63, 3.8) is 0 Å². The summed E-state index contributed by atoms with van der Waals surface area (Å²) in [6.45, 7) is -0.203. The van der Waals surface area contributed by atoms with Crippen LogP contribution < -0.4 is 4.72 Å². The standard InChI is InChI=1S/C23H15ClFN3OS/c24-23-22(28-30-19-6-4-18(25)5-7-19)13-17(14-27-23)16-3-8-21-20(12-16)15(2-1-11-29)9-10-26-21/h3-10,12-14,28-29H,11H2. The summed E-state index contributed by atoms with van der Waals surface area (Å²) in [5, 5.41) is 10.2. The number of hydrogen-bond donors (Lipinski definition) is 2. The molecule has 2 heterocycles. The highest BCUT2D eigenvalue weighted by atomic mass is 35.5. The summed E-state index contributed by atoms with van der Waals surface area (Å²) < 4.78 is 16.2. The minimum Gasteiger partial charge on any atom is -0.384 e. The summed E-state index contributed by atoms with van der Waals surface area (Å²) in [6, 6.07) is 15.8. The first-order valence-electron chi connectivity index (χ1n) is 8.97. The van der Waals surface area contributed by atoms with Crippen molar-refractivity contribution in [1.29, 1.82) is 0 Å². The maximum Gasteiger partial charge on any atom is 0.152 e. The molecule has 30 heavy (non-hydrogen) atoms. The van der Waals surface area contributed by atoms with Gasteiger partial charge < -0.3 is 9.83 Å². The molecule has 2 N–H and O–H groups in total. The van der Waals surface area contributed by atoms with E-state index in [2.05, 4.69) is 26.5 Å². The van der Waals surface area contributed by atoms with E-state index < -0.39 is 0 Å². The van der Waals surface area contributed by atoms with Gasteiger partial charge in [-0.15, -0.1) is 0 Å². The van der Waals surface area contributed by atoms with E-state index in [1.165, 1.54) is 24.1 Å². The lowest BCUT2D eigenvalue weighted by Gasteiger charge is -2.10. The second-order valence-corrected chi connectivity index (χ2v) is 7.51. The Balaban J connectivity index is 1.66. The number of aliphatic hydroxyl groups is 1. The Labute approximate surface area is 182 Å². The van der Waals surface area contributed by atoms with E-state index in [1.54, 1.807) is 24.5 Å². The molecule has 4 rings (SSSR count). The van der Waals surface area contributed by atoms with Gasteiger partial charge in [-0.05, 0) is 66.0 Å². The van der Waals surface area contributed by atoms with Gasteiger partial charge in [-0.1, -0.05) is 29.5 Å². The Morgan fingerprint density at radius 1 is 1.03 bits per heavy atom. The number of rotatable bonds is 4. The van der Waals surface area contributed by atoms with Crippen molar-refractivity contribution in [2.75, 3.05) is 11.3 Å². The first-order valence-corrected chi connectivity index (χ1v) is 10.2. The van der Waals surface area contributed by atoms with Gasteiger partial charge in [-0.2, -0.15) is 0 Å². The maximum absolute atomic E-state index is 13.1. The van der Waals surface area contributed by atoms with Crippen LogP contribution in [0.2, 0.25) is 5.15 Å². The van der Waals surface area contributed by atoms with Gasteiger partial charge in [0, 0.05) is 33.8 Å². The number of nitrogens with one attached hydrogen (secondary N) is 1. The van der Waals surface area contributed by atoms with Crippen LogP contribution in [0.1, 0.15) is 5.56 Å². The third kappa shape index (κ3) is 4.55. The lowest BCUT2D eigenvalue weighted by atomic mass is 10.0. The number of nitrogens with zero attached hydrogens (tertiary/aromatic N) is 2. The van der Waals surface area contributed by atoms with E-state index in [4.69, 9.17) is 16.7 Å². The van der Waals surface area contributed by atoms with Gasteiger partial charge in [0.25, 0.3) is 0 Å². The molecule has 4 aromatic rings. The van der Waals surface area contributed by atoms with Crippen molar-refractivity contribution in [2.45, 2.75) is 4.90 Å². The Hall–Kier alpha value is -3.11. The third-order valence-electron chi connectivity index (χ3n) is 4.31. The van der Waals surface area contributed by atoms with E-state index in [-0.39, 0.29) is 12.4 Å². The van der Waals surface area contributed by atoms with Gasteiger partial charge in [0.2, 0.25) is 0 Å². The summed E-state index contributed by atoms with van der Waals surface area (Å²) >= 11 is 7.58. The number of halogens is 2. The van der Waals surface area contributed by atoms with Crippen LogP contribution in [0.4, 0.5) is 10.1 Å². The normalized spacial score (nSPS) is 10.5.